The van der Waals surface area contributed by atoms with Gasteiger partial charge in [0.1, 0.15) is 5.39 Å². The Balaban J connectivity index is 2.03. The van der Waals surface area contributed by atoms with E-state index >= 15 is 0 Å². The number of H-pyrrole nitrogens is 1. The molecule has 2 aromatic heterocycles. The number of benzene rings is 1. The molecule has 0 saturated heterocycles. The van der Waals surface area contributed by atoms with Crippen LogP contribution in [0.2, 0.25) is 0 Å². The highest BCUT2D eigenvalue weighted by Gasteiger charge is 2.30. The molecule has 0 radical (unpaired) electrons. The molecule has 0 aliphatic carbocycles. The molecule has 3 rings (SSSR count). The second kappa shape index (κ2) is 6.55. The summed E-state index contributed by atoms with van der Waals surface area (Å²) in [6.45, 7) is 1.79. The zero-order valence-electron chi connectivity index (χ0n) is 13.6. The summed E-state index contributed by atoms with van der Waals surface area (Å²) in [6, 6.07) is 7.87. The number of hydrogen-bond donors (Lipinski definition) is 2. The average molecular weight is 361 g/mol. The van der Waals surface area contributed by atoms with Crippen LogP contribution in [0, 0.1) is 11.3 Å². The third-order valence-corrected chi connectivity index (χ3v) is 3.91. The number of nitrogens with zero attached hydrogens (tertiary/aromatic N) is 3. The maximum Gasteiger partial charge on any atom is 0.416 e. The van der Waals surface area contributed by atoms with Crippen LogP contribution in [0.15, 0.2) is 41.3 Å². The lowest BCUT2D eigenvalue weighted by atomic mass is 10.2. The second-order valence-corrected chi connectivity index (χ2v) is 5.77. The highest BCUT2D eigenvalue weighted by atomic mass is 19.4. The highest BCUT2D eigenvalue weighted by molar-refractivity contribution is 5.91. The van der Waals surface area contributed by atoms with Crippen molar-refractivity contribution in [2.45, 2.75) is 25.6 Å². The molecule has 3 aromatic rings. The van der Waals surface area contributed by atoms with Crippen molar-refractivity contribution in [1.82, 2.24) is 14.8 Å². The largest absolute Gasteiger partial charge is 0.416 e. The topological polar surface area (TPSA) is 86.5 Å². The summed E-state index contributed by atoms with van der Waals surface area (Å²) in [7, 11) is 0. The minimum absolute atomic E-state index is 0.198. The van der Waals surface area contributed by atoms with E-state index in [1.165, 1.54) is 18.3 Å². The van der Waals surface area contributed by atoms with Gasteiger partial charge in [0.15, 0.2) is 5.82 Å². The standard InChI is InChI=1S/C17H14F3N5O/c1-10(6-8-21)25-13-7-9-22-16(26)14(13)15(24-25)23-12-4-2-11(3-5-12)17(18,19)20/h2-5,7,9-10H,6H2,1H3,(H,22,26)(H,23,24)/t10-/m0/s1. The SMILES string of the molecule is C[C@@H](CC#N)n1nc(Nc2ccc(C(F)(F)F)cc2)c2c(=O)[nH]ccc21. The van der Waals surface area contributed by atoms with Crippen molar-refractivity contribution in [3.63, 3.8) is 0 Å². The monoisotopic (exact) mass is 361 g/mol. The van der Waals surface area contributed by atoms with Gasteiger partial charge in [-0.05, 0) is 37.3 Å². The third-order valence-electron chi connectivity index (χ3n) is 3.91. The number of rotatable bonds is 4. The fourth-order valence-electron chi connectivity index (χ4n) is 2.62. The first-order valence-corrected chi connectivity index (χ1v) is 7.72. The summed E-state index contributed by atoms with van der Waals surface area (Å²) in [5.74, 6) is 0.214. The van der Waals surface area contributed by atoms with Gasteiger partial charge in [0, 0.05) is 11.9 Å². The van der Waals surface area contributed by atoms with Gasteiger partial charge in [-0.2, -0.15) is 23.5 Å². The number of nitriles is 1. The maximum atomic E-state index is 12.7. The van der Waals surface area contributed by atoms with E-state index in [9.17, 15) is 18.0 Å². The predicted molar refractivity (Wildman–Crippen MR) is 90.0 cm³/mol. The second-order valence-electron chi connectivity index (χ2n) is 5.77. The van der Waals surface area contributed by atoms with Crippen LogP contribution in [0.25, 0.3) is 10.9 Å². The van der Waals surface area contributed by atoms with Gasteiger partial charge in [-0.3, -0.25) is 9.48 Å². The van der Waals surface area contributed by atoms with E-state index in [0.717, 1.165) is 12.1 Å². The van der Waals surface area contributed by atoms with Gasteiger partial charge in [-0.15, -0.1) is 0 Å². The van der Waals surface area contributed by atoms with Gasteiger partial charge in [-0.25, -0.2) is 0 Å². The van der Waals surface area contributed by atoms with Crippen LogP contribution in [0.5, 0.6) is 0 Å². The minimum atomic E-state index is -4.42. The van der Waals surface area contributed by atoms with Crippen LogP contribution in [-0.4, -0.2) is 14.8 Å². The van der Waals surface area contributed by atoms with Crippen LogP contribution in [0.3, 0.4) is 0 Å². The molecule has 6 nitrogen and oxygen atoms in total. The quantitative estimate of drug-likeness (QED) is 0.736. The van der Waals surface area contributed by atoms with E-state index in [0.29, 0.717) is 11.2 Å². The van der Waals surface area contributed by atoms with Crippen LogP contribution in [0.4, 0.5) is 24.7 Å². The predicted octanol–water partition coefficient (Wildman–Crippen LogP) is 3.96. The van der Waals surface area contributed by atoms with Crippen molar-refractivity contribution >= 4 is 22.4 Å². The number of hydrogen-bond acceptors (Lipinski definition) is 4. The summed E-state index contributed by atoms with van der Waals surface area (Å²) in [6.07, 6.45) is -2.75. The Kier molecular flexibility index (Phi) is 4.42. The zero-order chi connectivity index (χ0) is 18.9. The van der Waals surface area contributed by atoms with Crippen molar-refractivity contribution in [3.8, 4) is 6.07 Å². The fourth-order valence-corrected chi connectivity index (χ4v) is 2.62. The number of fused-ring (bicyclic) bond motifs is 1. The molecular weight excluding hydrogens is 347 g/mol. The summed E-state index contributed by atoms with van der Waals surface area (Å²) in [5, 5.41) is 16.4. The number of aromatic nitrogens is 3. The molecule has 0 aliphatic heterocycles. The number of nitrogens with one attached hydrogen (secondary N) is 2. The molecule has 26 heavy (non-hydrogen) atoms. The molecule has 2 heterocycles. The molecule has 0 saturated carbocycles. The van der Waals surface area contributed by atoms with E-state index < -0.39 is 11.7 Å². The first kappa shape index (κ1) is 17.5. The number of anilines is 2. The van der Waals surface area contributed by atoms with E-state index in [1.54, 1.807) is 17.7 Å². The molecular formula is C17H14F3N5O. The number of pyridine rings is 1. The number of alkyl halides is 3. The van der Waals surface area contributed by atoms with Crippen molar-refractivity contribution < 1.29 is 13.2 Å². The van der Waals surface area contributed by atoms with Crippen molar-refractivity contribution in [1.29, 1.82) is 5.26 Å². The lowest BCUT2D eigenvalue weighted by Crippen LogP contribution is -2.08. The Morgan fingerprint density at radius 3 is 2.62 bits per heavy atom. The zero-order valence-corrected chi connectivity index (χ0v) is 13.6. The van der Waals surface area contributed by atoms with Crippen molar-refractivity contribution in [2.75, 3.05) is 5.32 Å². The van der Waals surface area contributed by atoms with Gasteiger partial charge >= 0.3 is 6.18 Å². The highest BCUT2D eigenvalue weighted by Crippen LogP contribution is 2.31. The fraction of sp³-hybridized carbons (Fsp3) is 0.235. The molecule has 0 amide bonds. The molecule has 0 aliphatic rings. The average Bonchev–Trinajstić information content (AvgIpc) is 2.95. The van der Waals surface area contributed by atoms with Crippen LogP contribution >= 0.6 is 0 Å². The van der Waals surface area contributed by atoms with E-state index in [-0.39, 0.29) is 29.2 Å². The van der Waals surface area contributed by atoms with E-state index in [2.05, 4.69) is 21.5 Å². The molecule has 0 bridgehead atoms. The Labute approximate surface area is 145 Å². The summed E-state index contributed by atoms with van der Waals surface area (Å²) >= 11 is 0. The lowest BCUT2D eigenvalue weighted by molar-refractivity contribution is -0.137. The normalized spacial score (nSPS) is 12.7. The third kappa shape index (κ3) is 3.26. The number of aromatic amines is 1. The molecule has 0 fully saturated rings. The Morgan fingerprint density at radius 2 is 2.00 bits per heavy atom. The van der Waals surface area contributed by atoms with Crippen LogP contribution in [-0.2, 0) is 6.18 Å². The smallest absolute Gasteiger partial charge is 0.338 e. The van der Waals surface area contributed by atoms with Crippen LogP contribution < -0.4 is 10.9 Å². The van der Waals surface area contributed by atoms with Crippen LogP contribution in [0.1, 0.15) is 24.9 Å². The summed E-state index contributed by atoms with van der Waals surface area (Å²) in [5.41, 5.74) is -0.252. The Bertz CT molecular complexity index is 1030. The van der Waals surface area contributed by atoms with Crippen molar-refractivity contribution in [2.24, 2.45) is 0 Å². The van der Waals surface area contributed by atoms with Gasteiger partial charge in [0.25, 0.3) is 5.56 Å². The van der Waals surface area contributed by atoms with Gasteiger partial charge in [0.05, 0.1) is 29.6 Å². The van der Waals surface area contributed by atoms with Gasteiger partial charge in [0.2, 0.25) is 0 Å². The molecule has 1 atom stereocenters. The van der Waals surface area contributed by atoms with E-state index in [4.69, 9.17) is 5.26 Å². The summed E-state index contributed by atoms with van der Waals surface area (Å²) in [4.78, 5) is 14.8. The Morgan fingerprint density at radius 1 is 1.31 bits per heavy atom. The first-order valence-electron chi connectivity index (χ1n) is 7.72. The first-order chi connectivity index (χ1) is 12.3. The van der Waals surface area contributed by atoms with Gasteiger partial charge < -0.3 is 10.3 Å². The molecule has 134 valence electrons. The molecule has 0 spiro atoms. The van der Waals surface area contributed by atoms with Gasteiger partial charge in [-0.1, -0.05) is 0 Å². The number of halogens is 3. The molecule has 1 aromatic carbocycles. The Hall–Kier alpha value is -3.28. The summed E-state index contributed by atoms with van der Waals surface area (Å²) < 4.78 is 39.5. The van der Waals surface area contributed by atoms with Crippen molar-refractivity contribution in [3.05, 3.63) is 52.4 Å². The molecule has 2 N–H and O–H groups in total. The maximum absolute atomic E-state index is 12.7. The molecule has 0 unspecified atom stereocenters. The van der Waals surface area contributed by atoms with E-state index in [1.807, 2.05) is 0 Å². The molecule has 9 heteroatoms. The lowest BCUT2D eigenvalue weighted by Gasteiger charge is -2.09. The minimum Gasteiger partial charge on any atom is -0.338 e.